The molecule has 1 fully saturated rings. The number of nitrogens with zero attached hydrogens (tertiary/aromatic N) is 2. The van der Waals surface area contributed by atoms with Crippen molar-refractivity contribution in [3.05, 3.63) is 10.5 Å². The van der Waals surface area contributed by atoms with Crippen LogP contribution in [0.15, 0.2) is 6.20 Å². The molecule has 2 rings (SSSR count). The van der Waals surface area contributed by atoms with E-state index in [0.717, 1.165) is 29.2 Å². The van der Waals surface area contributed by atoms with E-state index >= 15 is 0 Å². The van der Waals surface area contributed by atoms with Crippen molar-refractivity contribution in [1.29, 1.82) is 0 Å². The summed E-state index contributed by atoms with van der Waals surface area (Å²) in [4.78, 5) is 6.44. The van der Waals surface area contributed by atoms with Gasteiger partial charge in [-0.1, -0.05) is 22.9 Å². The molecular formula is C8H11ClN2OS. The number of thiazole rings is 1. The maximum Gasteiger partial charge on any atom is 0.186 e. The van der Waals surface area contributed by atoms with Crippen molar-refractivity contribution in [3.8, 4) is 0 Å². The number of morpholine rings is 1. The molecule has 0 amide bonds. The Balaban J connectivity index is 2.08. The summed E-state index contributed by atoms with van der Waals surface area (Å²) >= 11 is 7.34. The van der Waals surface area contributed by atoms with E-state index in [4.69, 9.17) is 16.3 Å². The van der Waals surface area contributed by atoms with Crippen LogP contribution in [0.2, 0.25) is 4.34 Å². The highest BCUT2D eigenvalue weighted by atomic mass is 35.5. The Bertz CT molecular complexity index is 291. The van der Waals surface area contributed by atoms with E-state index in [0.29, 0.717) is 0 Å². The molecule has 13 heavy (non-hydrogen) atoms. The number of rotatable bonds is 1. The van der Waals surface area contributed by atoms with Crippen molar-refractivity contribution >= 4 is 28.1 Å². The predicted octanol–water partition coefficient (Wildman–Crippen LogP) is 2.02. The van der Waals surface area contributed by atoms with Crippen LogP contribution in [-0.4, -0.2) is 30.8 Å². The van der Waals surface area contributed by atoms with Gasteiger partial charge in [0.2, 0.25) is 0 Å². The molecule has 1 aromatic heterocycles. The van der Waals surface area contributed by atoms with Crippen molar-refractivity contribution in [2.24, 2.45) is 0 Å². The third-order valence-electron chi connectivity index (χ3n) is 1.98. The van der Waals surface area contributed by atoms with Gasteiger partial charge in [0, 0.05) is 13.1 Å². The lowest BCUT2D eigenvalue weighted by atomic mass is 10.3. The first kappa shape index (κ1) is 9.24. The van der Waals surface area contributed by atoms with E-state index in [9.17, 15) is 0 Å². The van der Waals surface area contributed by atoms with E-state index < -0.39 is 0 Å². The minimum absolute atomic E-state index is 0.288. The van der Waals surface area contributed by atoms with E-state index in [1.165, 1.54) is 11.3 Å². The highest BCUT2D eigenvalue weighted by Gasteiger charge is 2.18. The van der Waals surface area contributed by atoms with Crippen LogP contribution in [-0.2, 0) is 4.74 Å². The number of hydrogen-bond donors (Lipinski definition) is 0. The van der Waals surface area contributed by atoms with Crippen LogP contribution in [0.25, 0.3) is 0 Å². The standard InChI is InChI=1S/C8H11ClN2OS/c1-6-5-11(2-3-12-6)8-10-4-7(9)13-8/h4,6H,2-3,5H2,1H3/t6-/m1/s1. The molecule has 2 heterocycles. The topological polar surface area (TPSA) is 25.4 Å². The average Bonchev–Trinajstić information content (AvgIpc) is 2.52. The molecule has 1 aliphatic heterocycles. The second-order valence-electron chi connectivity index (χ2n) is 3.07. The quantitative estimate of drug-likeness (QED) is 0.721. The van der Waals surface area contributed by atoms with E-state index in [-0.39, 0.29) is 6.10 Å². The van der Waals surface area contributed by atoms with Crippen LogP contribution in [0.5, 0.6) is 0 Å². The van der Waals surface area contributed by atoms with Gasteiger partial charge in [-0.15, -0.1) is 0 Å². The van der Waals surface area contributed by atoms with Gasteiger partial charge in [-0.05, 0) is 6.92 Å². The van der Waals surface area contributed by atoms with Gasteiger partial charge < -0.3 is 9.64 Å². The van der Waals surface area contributed by atoms with Gasteiger partial charge >= 0.3 is 0 Å². The van der Waals surface area contributed by atoms with Crippen LogP contribution in [0.1, 0.15) is 6.92 Å². The summed E-state index contributed by atoms with van der Waals surface area (Å²) < 4.78 is 6.18. The Morgan fingerprint density at radius 2 is 2.62 bits per heavy atom. The van der Waals surface area contributed by atoms with Gasteiger partial charge in [0.05, 0.1) is 18.9 Å². The molecule has 3 nitrogen and oxygen atoms in total. The van der Waals surface area contributed by atoms with E-state index in [2.05, 4.69) is 16.8 Å². The SMILES string of the molecule is C[C@@H]1CN(c2ncc(Cl)s2)CCO1. The van der Waals surface area contributed by atoms with Gasteiger partial charge in [-0.25, -0.2) is 4.98 Å². The molecule has 5 heteroatoms. The predicted molar refractivity (Wildman–Crippen MR) is 54.8 cm³/mol. The minimum atomic E-state index is 0.288. The van der Waals surface area contributed by atoms with Gasteiger partial charge in [-0.2, -0.15) is 0 Å². The fraction of sp³-hybridized carbons (Fsp3) is 0.625. The molecule has 1 atom stereocenters. The zero-order valence-corrected chi connectivity index (χ0v) is 8.94. The van der Waals surface area contributed by atoms with E-state index in [1.54, 1.807) is 6.20 Å². The lowest BCUT2D eigenvalue weighted by molar-refractivity contribution is 0.0532. The summed E-state index contributed by atoms with van der Waals surface area (Å²) in [6, 6.07) is 0. The molecule has 72 valence electrons. The van der Waals surface area contributed by atoms with Gasteiger partial charge in [0.25, 0.3) is 0 Å². The molecule has 0 radical (unpaired) electrons. The van der Waals surface area contributed by atoms with Gasteiger partial charge in [0.15, 0.2) is 5.13 Å². The van der Waals surface area contributed by atoms with Crippen LogP contribution >= 0.6 is 22.9 Å². The molecule has 1 aliphatic rings. The average molecular weight is 219 g/mol. The molecule has 0 saturated carbocycles. The Morgan fingerprint density at radius 1 is 1.77 bits per heavy atom. The Hall–Kier alpha value is -0.320. The Morgan fingerprint density at radius 3 is 3.23 bits per heavy atom. The second kappa shape index (κ2) is 3.82. The minimum Gasteiger partial charge on any atom is -0.375 e. The zero-order chi connectivity index (χ0) is 9.26. The first-order chi connectivity index (χ1) is 6.25. The summed E-state index contributed by atoms with van der Waals surface area (Å²) in [6.45, 7) is 4.66. The Labute approximate surface area is 86.3 Å². The number of aromatic nitrogens is 1. The molecule has 0 spiro atoms. The molecule has 0 N–H and O–H groups in total. The third kappa shape index (κ3) is 2.13. The van der Waals surface area contributed by atoms with Crippen molar-refractivity contribution in [3.63, 3.8) is 0 Å². The highest BCUT2D eigenvalue weighted by Crippen LogP contribution is 2.27. The monoisotopic (exact) mass is 218 g/mol. The second-order valence-corrected chi connectivity index (χ2v) is 4.71. The number of anilines is 1. The van der Waals surface area contributed by atoms with Crippen molar-refractivity contribution in [2.75, 3.05) is 24.6 Å². The van der Waals surface area contributed by atoms with Crippen LogP contribution in [0.4, 0.5) is 5.13 Å². The summed E-state index contributed by atoms with van der Waals surface area (Å²) in [6.07, 6.45) is 1.98. The van der Waals surface area contributed by atoms with Crippen LogP contribution in [0.3, 0.4) is 0 Å². The molecule has 0 bridgehead atoms. The number of ether oxygens (including phenoxy) is 1. The molecule has 0 unspecified atom stereocenters. The Kier molecular flexibility index (Phi) is 2.71. The van der Waals surface area contributed by atoms with E-state index in [1.807, 2.05) is 0 Å². The van der Waals surface area contributed by atoms with Crippen molar-refractivity contribution < 1.29 is 4.74 Å². The third-order valence-corrected chi connectivity index (χ3v) is 3.15. The van der Waals surface area contributed by atoms with Crippen LogP contribution in [0, 0.1) is 0 Å². The number of hydrogen-bond acceptors (Lipinski definition) is 4. The molecule has 0 aromatic carbocycles. The van der Waals surface area contributed by atoms with Crippen molar-refractivity contribution in [2.45, 2.75) is 13.0 Å². The number of halogens is 1. The molecule has 1 saturated heterocycles. The fourth-order valence-electron chi connectivity index (χ4n) is 1.38. The molecule has 0 aliphatic carbocycles. The summed E-state index contributed by atoms with van der Waals surface area (Å²) in [5.74, 6) is 0. The first-order valence-corrected chi connectivity index (χ1v) is 5.43. The maximum absolute atomic E-state index is 5.81. The molecular weight excluding hydrogens is 208 g/mol. The fourth-order valence-corrected chi connectivity index (χ4v) is 2.32. The first-order valence-electron chi connectivity index (χ1n) is 4.23. The lowest BCUT2D eigenvalue weighted by Crippen LogP contribution is -2.41. The highest BCUT2D eigenvalue weighted by molar-refractivity contribution is 7.19. The molecule has 1 aromatic rings. The van der Waals surface area contributed by atoms with Gasteiger partial charge in [-0.3, -0.25) is 0 Å². The zero-order valence-electron chi connectivity index (χ0n) is 7.36. The smallest absolute Gasteiger partial charge is 0.186 e. The summed E-state index contributed by atoms with van der Waals surface area (Å²) in [5, 5.41) is 1.00. The summed E-state index contributed by atoms with van der Waals surface area (Å²) in [7, 11) is 0. The largest absolute Gasteiger partial charge is 0.375 e. The van der Waals surface area contributed by atoms with Gasteiger partial charge in [0.1, 0.15) is 4.34 Å². The van der Waals surface area contributed by atoms with Crippen molar-refractivity contribution in [1.82, 2.24) is 4.98 Å². The lowest BCUT2D eigenvalue weighted by Gasteiger charge is -2.30. The maximum atomic E-state index is 5.81. The normalized spacial score (nSPS) is 23.5. The van der Waals surface area contributed by atoms with Crippen LogP contribution < -0.4 is 4.90 Å². The summed E-state index contributed by atoms with van der Waals surface area (Å²) in [5.41, 5.74) is 0.